The highest BCUT2D eigenvalue weighted by Gasteiger charge is 2.18. The van der Waals surface area contributed by atoms with Gasteiger partial charge in [0.05, 0.1) is 23.1 Å². The third kappa shape index (κ3) is 2.35. The minimum atomic E-state index is -0.200. The van der Waals surface area contributed by atoms with Gasteiger partial charge in [0.2, 0.25) is 0 Å². The van der Waals surface area contributed by atoms with Gasteiger partial charge < -0.3 is 15.4 Å². The number of amides is 1. The van der Waals surface area contributed by atoms with E-state index in [0.29, 0.717) is 23.6 Å². The number of carbonyl (C=O) groups is 1. The quantitative estimate of drug-likeness (QED) is 0.863. The van der Waals surface area contributed by atoms with Crippen molar-refractivity contribution in [2.24, 2.45) is 0 Å². The van der Waals surface area contributed by atoms with Gasteiger partial charge in [0, 0.05) is 12.7 Å². The van der Waals surface area contributed by atoms with Crippen LogP contribution in [0.1, 0.15) is 10.4 Å². The molecule has 0 fully saturated rings. The molecule has 1 aromatic carbocycles. The second kappa shape index (κ2) is 4.97. The maximum Gasteiger partial charge on any atom is 0.259 e. The molecule has 0 unspecified atom stereocenters. The van der Waals surface area contributed by atoms with Crippen LogP contribution in [0.2, 0.25) is 0 Å². The molecule has 3 rings (SSSR count). The molecule has 0 radical (unpaired) electrons. The molecule has 1 aliphatic rings. The lowest BCUT2D eigenvalue weighted by molar-refractivity contribution is 0.102. The third-order valence-electron chi connectivity index (χ3n) is 2.84. The van der Waals surface area contributed by atoms with Crippen molar-refractivity contribution >= 4 is 17.3 Å². The van der Waals surface area contributed by atoms with Crippen LogP contribution in [-0.4, -0.2) is 24.0 Å². The molecule has 5 heteroatoms. The van der Waals surface area contributed by atoms with Gasteiger partial charge in [0.1, 0.15) is 6.61 Å². The standard InChI is InChI=1S/C14H13N3O2/c18-14(17-10-3-2-6-15-9-10)11-4-1-5-12-13(11)19-8-7-16-12/h1-6,9,16H,7-8H2,(H,17,18). The SMILES string of the molecule is O=C(Nc1cccnc1)c1cccc2c1OCCN2. The molecule has 0 atom stereocenters. The van der Waals surface area contributed by atoms with E-state index in [4.69, 9.17) is 4.74 Å². The Labute approximate surface area is 110 Å². The van der Waals surface area contributed by atoms with Crippen molar-refractivity contribution in [2.75, 3.05) is 23.8 Å². The first kappa shape index (κ1) is 11.5. The number of aromatic nitrogens is 1. The van der Waals surface area contributed by atoms with Gasteiger partial charge in [-0.15, -0.1) is 0 Å². The van der Waals surface area contributed by atoms with Crippen LogP contribution in [0.5, 0.6) is 5.75 Å². The Morgan fingerprint density at radius 2 is 2.26 bits per heavy atom. The summed E-state index contributed by atoms with van der Waals surface area (Å²) in [5.74, 6) is 0.406. The van der Waals surface area contributed by atoms with E-state index < -0.39 is 0 Å². The number of nitrogens with zero attached hydrogens (tertiary/aromatic N) is 1. The van der Waals surface area contributed by atoms with Gasteiger partial charge in [-0.2, -0.15) is 0 Å². The summed E-state index contributed by atoms with van der Waals surface area (Å²) in [5, 5.41) is 6.00. The summed E-state index contributed by atoms with van der Waals surface area (Å²) in [6, 6.07) is 9.04. The van der Waals surface area contributed by atoms with Gasteiger partial charge in [0.25, 0.3) is 5.91 Å². The first-order chi connectivity index (χ1) is 9.34. The van der Waals surface area contributed by atoms with Crippen molar-refractivity contribution in [3.05, 3.63) is 48.3 Å². The number of hydrogen-bond donors (Lipinski definition) is 2. The summed E-state index contributed by atoms with van der Waals surface area (Å²) in [6.45, 7) is 1.31. The van der Waals surface area contributed by atoms with E-state index in [1.165, 1.54) is 0 Å². The number of para-hydroxylation sites is 1. The van der Waals surface area contributed by atoms with E-state index in [2.05, 4.69) is 15.6 Å². The molecule has 19 heavy (non-hydrogen) atoms. The average Bonchev–Trinajstić information content (AvgIpc) is 2.47. The van der Waals surface area contributed by atoms with Gasteiger partial charge in [0.15, 0.2) is 5.75 Å². The van der Waals surface area contributed by atoms with E-state index >= 15 is 0 Å². The van der Waals surface area contributed by atoms with Crippen LogP contribution in [0.4, 0.5) is 11.4 Å². The molecular formula is C14H13N3O2. The van der Waals surface area contributed by atoms with Gasteiger partial charge >= 0.3 is 0 Å². The molecule has 2 heterocycles. The molecule has 96 valence electrons. The smallest absolute Gasteiger partial charge is 0.259 e. The summed E-state index contributed by atoms with van der Waals surface area (Å²) in [5.41, 5.74) is 2.03. The van der Waals surface area contributed by atoms with E-state index in [1.54, 1.807) is 30.6 Å². The maximum atomic E-state index is 12.2. The van der Waals surface area contributed by atoms with Gasteiger partial charge in [-0.3, -0.25) is 9.78 Å². The predicted octanol–water partition coefficient (Wildman–Crippen LogP) is 2.14. The molecular weight excluding hydrogens is 242 g/mol. The molecule has 0 saturated heterocycles. The van der Waals surface area contributed by atoms with E-state index in [0.717, 1.165) is 12.2 Å². The minimum Gasteiger partial charge on any atom is -0.489 e. The summed E-state index contributed by atoms with van der Waals surface area (Å²) in [4.78, 5) is 16.2. The van der Waals surface area contributed by atoms with Crippen LogP contribution in [-0.2, 0) is 0 Å². The summed E-state index contributed by atoms with van der Waals surface area (Å²) in [6.07, 6.45) is 3.26. The largest absolute Gasteiger partial charge is 0.489 e. The molecule has 0 aliphatic carbocycles. The van der Waals surface area contributed by atoms with Crippen molar-refractivity contribution in [3.63, 3.8) is 0 Å². The fourth-order valence-electron chi connectivity index (χ4n) is 1.98. The van der Waals surface area contributed by atoms with E-state index in [1.807, 2.05) is 12.1 Å². The number of anilines is 2. The molecule has 0 spiro atoms. The number of carbonyl (C=O) groups excluding carboxylic acids is 1. The normalized spacial score (nSPS) is 12.8. The molecule has 1 aromatic heterocycles. The van der Waals surface area contributed by atoms with Crippen LogP contribution < -0.4 is 15.4 Å². The Morgan fingerprint density at radius 1 is 1.32 bits per heavy atom. The number of hydrogen-bond acceptors (Lipinski definition) is 4. The molecule has 1 amide bonds. The zero-order valence-corrected chi connectivity index (χ0v) is 10.2. The molecule has 1 aliphatic heterocycles. The lowest BCUT2D eigenvalue weighted by Gasteiger charge is -2.21. The summed E-state index contributed by atoms with van der Waals surface area (Å²) in [7, 11) is 0. The summed E-state index contributed by atoms with van der Waals surface area (Å²) < 4.78 is 5.57. The lowest BCUT2D eigenvalue weighted by atomic mass is 10.1. The second-order valence-electron chi connectivity index (χ2n) is 4.15. The van der Waals surface area contributed by atoms with Crippen molar-refractivity contribution in [1.29, 1.82) is 0 Å². The Hall–Kier alpha value is -2.56. The average molecular weight is 255 g/mol. The van der Waals surface area contributed by atoms with Crippen molar-refractivity contribution < 1.29 is 9.53 Å². The second-order valence-corrected chi connectivity index (χ2v) is 4.15. The van der Waals surface area contributed by atoms with Crippen molar-refractivity contribution in [2.45, 2.75) is 0 Å². The highest BCUT2D eigenvalue weighted by Crippen LogP contribution is 2.31. The summed E-state index contributed by atoms with van der Waals surface area (Å²) >= 11 is 0. The third-order valence-corrected chi connectivity index (χ3v) is 2.84. The predicted molar refractivity (Wildman–Crippen MR) is 72.6 cm³/mol. The van der Waals surface area contributed by atoms with E-state index in [9.17, 15) is 4.79 Å². The highest BCUT2D eigenvalue weighted by atomic mass is 16.5. The Balaban J connectivity index is 1.88. The monoisotopic (exact) mass is 255 g/mol. The van der Waals surface area contributed by atoms with Crippen molar-refractivity contribution in [3.8, 4) is 5.75 Å². The van der Waals surface area contributed by atoms with Gasteiger partial charge in [-0.05, 0) is 24.3 Å². The number of pyridine rings is 1. The Kier molecular flexibility index (Phi) is 3.02. The van der Waals surface area contributed by atoms with Crippen LogP contribution in [0.25, 0.3) is 0 Å². The van der Waals surface area contributed by atoms with Crippen LogP contribution in [0.15, 0.2) is 42.7 Å². The fraction of sp³-hybridized carbons (Fsp3) is 0.143. The number of rotatable bonds is 2. The fourth-order valence-corrected chi connectivity index (χ4v) is 1.98. The maximum absolute atomic E-state index is 12.2. The zero-order valence-electron chi connectivity index (χ0n) is 10.2. The first-order valence-corrected chi connectivity index (χ1v) is 6.05. The molecule has 5 nitrogen and oxygen atoms in total. The zero-order chi connectivity index (χ0) is 13.1. The molecule has 0 bridgehead atoms. The topological polar surface area (TPSA) is 63.2 Å². The van der Waals surface area contributed by atoms with Crippen molar-refractivity contribution in [1.82, 2.24) is 4.98 Å². The van der Waals surface area contributed by atoms with Crippen LogP contribution >= 0.6 is 0 Å². The van der Waals surface area contributed by atoms with Gasteiger partial charge in [-0.25, -0.2) is 0 Å². The first-order valence-electron chi connectivity index (χ1n) is 6.05. The highest BCUT2D eigenvalue weighted by molar-refractivity contribution is 6.07. The Bertz CT molecular complexity index is 599. The number of fused-ring (bicyclic) bond motifs is 1. The minimum absolute atomic E-state index is 0.200. The lowest BCUT2D eigenvalue weighted by Crippen LogP contribution is -2.21. The Morgan fingerprint density at radius 3 is 3.11 bits per heavy atom. The molecule has 2 N–H and O–H groups in total. The van der Waals surface area contributed by atoms with Gasteiger partial charge in [-0.1, -0.05) is 6.07 Å². The van der Waals surface area contributed by atoms with E-state index in [-0.39, 0.29) is 5.91 Å². The van der Waals surface area contributed by atoms with Crippen LogP contribution in [0, 0.1) is 0 Å². The van der Waals surface area contributed by atoms with Crippen LogP contribution in [0.3, 0.4) is 0 Å². The molecule has 2 aromatic rings. The number of benzene rings is 1. The number of nitrogens with one attached hydrogen (secondary N) is 2. The molecule has 0 saturated carbocycles. The number of ether oxygens (including phenoxy) is 1.